The van der Waals surface area contributed by atoms with Gasteiger partial charge < -0.3 is 0 Å². The maximum absolute atomic E-state index is 13.4. The van der Waals surface area contributed by atoms with Crippen LogP contribution in [0.5, 0.6) is 0 Å². The van der Waals surface area contributed by atoms with Gasteiger partial charge in [0.1, 0.15) is 11.6 Å². The van der Waals surface area contributed by atoms with Crippen LogP contribution in [0.1, 0.15) is 23.2 Å². The number of alkyl halides is 2. The lowest BCUT2D eigenvalue weighted by Crippen LogP contribution is -2.31. The van der Waals surface area contributed by atoms with Crippen LogP contribution in [0.2, 0.25) is 0 Å². The van der Waals surface area contributed by atoms with Gasteiger partial charge in [0.25, 0.3) is 0 Å². The molecule has 86 valence electrons. The summed E-state index contributed by atoms with van der Waals surface area (Å²) in [5.41, 5.74) is -0.752. The SMILES string of the molecule is O=C(c1ccc(F)cc1F)C(F)(F)C1CC1. The molecular formula is C11H8F4O. The number of hydrogen-bond donors (Lipinski definition) is 0. The van der Waals surface area contributed by atoms with Crippen molar-refractivity contribution in [3.8, 4) is 0 Å². The zero-order chi connectivity index (χ0) is 11.9. The molecule has 1 aliphatic carbocycles. The molecule has 0 radical (unpaired) electrons. The third-order valence-corrected chi connectivity index (χ3v) is 2.57. The van der Waals surface area contributed by atoms with Crippen molar-refractivity contribution >= 4 is 5.78 Å². The van der Waals surface area contributed by atoms with Gasteiger partial charge in [-0.05, 0) is 25.0 Å². The normalized spacial score (nSPS) is 16.2. The number of halogens is 4. The summed E-state index contributed by atoms with van der Waals surface area (Å²) in [6, 6.07) is 1.97. The molecule has 0 aliphatic heterocycles. The molecule has 0 atom stereocenters. The van der Waals surface area contributed by atoms with Gasteiger partial charge in [0.15, 0.2) is 0 Å². The quantitative estimate of drug-likeness (QED) is 0.577. The minimum atomic E-state index is -3.54. The summed E-state index contributed by atoms with van der Waals surface area (Å²) in [6.07, 6.45) is 0.531. The second kappa shape index (κ2) is 3.57. The first kappa shape index (κ1) is 11.1. The highest BCUT2D eigenvalue weighted by Crippen LogP contribution is 2.45. The lowest BCUT2D eigenvalue weighted by Gasteiger charge is -2.14. The maximum atomic E-state index is 13.4. The van der Waals surface area contributed by atoms with Gasteiger partial charge in [-0.3, -0.25) is 4.79 Å². The van der Waals surface area contributed by atoms with Gasteiger partial charge in [-0.25, -0.2) is 8.78 Å². The van der Waals surface area contributed by atoms with E-state index in [4.69, 9.17) is 0 Å². The van der Waals surface area contributed by atoms with Crippen molar-refractivity contribution < 1.29 is 22.4 Å². The van der Waals surface area contributed by atoms with Crippen molar-refractivity contribution in [2.45, 2.75) is 18.8 Å². The average molecular weight is 232 g/mol. The van der Waals surface area contributed by atoms with E-state index in [1.165, 1.54) is 0 Å². The molecule has 1 aromatic carbocycles. The van der Waals surface area contributed by atoms with E-state index < -0.39 is 34.8 Å². The highest BCUT2D eigenvalue weighted by Gasteiger charge is 2.53. The highest BCUT2D eigenvalue weighted by molar-refractivity contribution is 6.01. The summed E-state index contributed by atoms with van der Waals surface area (Å²) in [5, 5.41) is 0. The summed E-state index contributed by atoms with van der Waals surface area (Å²) in [6.45, 7) is 0. The van der Waals surface area contributed by atoms with E-state index >= 15 is 0 Å². The second-order valence-electron chi connectivity index (χ2n) is 3.85. The molecule has 5 heteroatoms. The molecule has 1 nitrogen and oxygen atoms in total. The van der Waals surface area contributed by atoms with E-state index in [1.54, 1.807) is 0 Å². The molecule has 1 aromatic rings. The van der Waals surface area contributed by atoms with E-state index in [0.29, 0.717) is 6.07 Å². The van der Waals surface area contributed by atoms with Crippen molar-refractivity contribution in [1.29, 1.82) is 0 Å². The molecule has 1 aliphatic rings. The number of carbonyl (C=O) groups excluding carboxylic acids is 1. The zero-order valence-corrected chi connectivity index (χ0v) is 8.14. The smallest absolute Gasteiger partial charge is 0.287 e. The Morgan fingerprint density at radius 3 is 2.38 bits per heavy atom. The molecule has 0 aromatic heterocycles. The highest BCUT2D eigenvalue weighted by atomic mass is 19.3. The summed E-state index contributed by atoms with van der Waals surface area (Å²) in [5.74, 6) is -8.25. The molecule has 16 heavy (non-hydrogen) atoms. The van der Waals surface area contributed by atoms with Crippen LogP contribution in [-0.2, 0) is 0 Å². The molecular weight excluding hydrogens is 224 g/mol. The first-order valence-electron chi connectivity index (χ1n) is 4.80. The van der Waals surface area contributed by atoms with Crippen LogP contribution in [0.3, 0.4) is 0 Å². The Hall–Kier alpha value is -1.39. The fourth-order valence-electron chi connectivity index (χ4n) is 1.48. The zero-order valence-electron chi connectivity index (χ0n) is 8.14. The van der Waals surface area contributed by atoms with Crippen LogP contribution in [0, 0.1) is 17.6 Å². The fourth-order valence-corrected chi connectivity index (χ4v) is 1.48. The van der Waals surface area contributed by atoms with Crippen molar-refractivity contribution in [3.63, 3.8) is 0 Å². The van der Waals surface area contributed by atoms with E-state index in [0.717, 1.165) is 12.1 Å². The van der Waals surface area contributed by atoms with Crippen molar-refractivity contribution in [2.24, 2.45) is 5.92 Å². The van der Waals surface area contributed by atoms with E-state index in [9.17, 15) is 22.4 Å². The number of benzene rings is 1. The molecule has 0 amide bonds. The predicted molar refractivity (Wildman–Crippen MR) is 48.4 cm³/mol. The Morgan fingerprint density at radius 1 is 1.25 bits per heavy atom. The summed E-state index contributed by atoms with van der Waals surface area (Å²) in [7, 11) is 0. The van der Waals surface area contributed by atoms with Gasteiger partial charge in [-0.2, -0.15) is 8.78 Å². The monoisotopic (exact) mass is 232 g/mol. The van der Waals surface area contributed by atoms with Gasteiger partial charge in [-0.1, -0.05) is 0 Å². The number of rotatable bonds is 3. The Labute approximate surface area is 89.1 Å². The number of Topliss-reactive ketones (excluding diaryl/α,β-unsaturated/α-hetero) is 1. The van der Waals surface area contributed by atoms with Gasteiger partial charge in [-0.15, -0.1) is 0 Å². The average Bonchev–Trinajstić information content (AvgIpc) is 2.99. The third kappa shape index (κ3) is 1.81. The van der Waals surface area contributed by atoms with Crippen molar-refractivity contribution in [1.82, 2.24) is 0 Å². The van der Waals surface area contributed by atoms with Crippen LogP contribution in [0.25, 0.3) is 0 Å². The van der Waals surface area contributed by atoms with Crippen LogP contribution < -0.4 is 0 Å². The second-order valence-corrected chi connectivity index (χ2v) is 3.85. The van der Waals surface area contributed by atoms with Crippen LogP contribution in [0.15, 0.2) is 18.2 Å². The first-order chi connectivity index (χ1) is 7.43. The van der Waals surface area contributed by atoms with Crippen LogP contribution in [0.4, 0.5) is 17.6 Å². The van der Waals surface area contributed by atoms with Crippen molar-refractivity contribution in [2.75, 3.05) is 0 Å². The predicted octanol–water partition coefficient (Wildman–Crippen LogP) is 3.19. The molecule has 0 saturated heterocycles. The summed E-state index contributed by atoms with van der Waals surface area (Å²) in [4.78, 5) is 11.4. The Kier molecular flexibility index (Phi) is 2.48. The van der Waals surface area contributed by atoms with E-state index in [-0.39, 0.29) is 12.8 Å². The molecule has 0 bridgehead atoms. The molecule has 2 rings (SSSR count). The summed E-state index contributed by atoms with van der Waals surface area (Å²) < 4.78 is 52.4. The molecule has 0 spiro atoms. The van der Waals surface area contributed by atoms with E-state index in [2.05, 4.69) is 0 Å². The molecule has 0 unspecified atom stereocenters. The largest absolute Gasteiger partial charge is 0.312 e. The van der Waals surface area contributed by atoms with Crippen LogP contribution >= 0.6 is 0 Å². The van der Waals surface area contributed by atoms with Gasteiger partial charge in [0, 0.05) is 12.0 Å². The number of hydrogen-bond acceptors (Lipinski definition) is 1. The van der Waals surface area contributed by atoms with Crippen LogP contribution in [-0.4, -0.2) is 11.7 Å². The third-order valence-electron chi connectivity index (χ3n) is 2.57. The van der Waals surface area contributed by atoms with Crippen molar-refractivity contribution in [3.05, 3.63) is 35.4 Å². The molecule has 1 fully saturated rings. The molecule has 0 N–H and O–H groups in total. The maximum Gasteiger partial charge on any atom is 0.312 e. The first-order valence-corrected chi connectivity index (χ1v) is 4.80. The standard InChI is InChI=1S/C11H8F4O/c12-7-3-4-8(9(13)5-7)10(16)11(14,15)6-1-2-6/h3-6H,1-2H2. The Morgan fingerprint density at radius 2 is 1.88 bits per heavy atom. The number of ketones is 1. The van der Waals surface area contributed by atoms with Gasteiger partial charge >= 0.3 is 5.92 Å². The molecule has 0 heterocycles. The summed E-state index contributed by atoms with van der Waals surface area (Å²) >= 11 is 0. The van der Waals surface area contributed by atoms with Gasteiger partial charge in [0.2, 0.25) is 5.78 Å². The lowest BCUT2D eigenvalue weighted by molar-refractivity contribution is -0.00480. The molecule has 1 saturated carbocycles. The van der Waals surface area contributed by atoms with Gasteiger partial charge in [0.05, 0.1) is 5.56 Å². The number of carbonyl (C=O) groups is 1. The lowest BCUT2D eigenvalue weighted by atomic mass is 10.0. The fraction of sp³-hybridized carbons (Fsp3) is 0.364. The Bertz CT molecular complexity index is 438. The minimum Gasteiger partial charge on any atom is -0.287 e. The van der Waals surface area contributed by atoms with E-state index in [1.807, 2.05) is 0 Å². The topological polar surface area (TPSA) is 17.1 Å². The Balaban J connectivity index is 2.33. The minimum absolute atomic E-state index is 0.265.